The minimum absolute atomic E-state index is 0.0468. The lowest BCUT2D eigenvalue weighted by Crippen LogP contribution is -2.29. The Morgan fingerprint density at radius 3 is 2.45 bits per heavy atom. The summed E-state index contributed by atoms with van der Waals surface area (Å²) in [6.07, 6.45) is 0.730. The molecule has 7 heteroatoms. The van der Waals surface area contributed by atoms with Crippen LogP contribution >= 0.6 is 23.2 Å². The van der Waals surface area contributed by atoms with Crippen LogP contribution in [0, 0.1) is 11.7 Å². The van der Waals surface area contributed by atoms with Crippen molar-refractivity contribution in [3.63, 3.8) is 0 Å². The van der Waals surface area contributed by atoms with Gasteiger partial charge >= 0.3 is 0 Å². The third kappa shape index (κ3) is 4.07. The molecule has 0 spiro atoms. The van der Waals surface area contributed by atoms with Gasteiger partial charge in [0.25, 0.3) is 0 Å². The number of hydrogen-bond donors (Lipinski definition) is 0. The first-order chi connectivity index (χ1) is 9.20. The van der Waals surface area contributed by atoms with E-state index in [-0.39, 0.29) is 21.4 Å². The normalized spacial score (nSPS) is 12.4. The van der Waals surface area contributed by atoms with Gasteiger partial charge in [-0.2, -0.15) is 0 Å². The Morgan fingerprint density at radius 1 is 1.35 bits per heavy atom. The third-order valence-electron chi connectivity index (χ3n) is 2.95. The molecule has 1 aromatic rings. The molecule has 0 heterocycles. The van der Waals surface area contributed by atoms with E-state index in [1.165, 1.54) is 17.4 Å². The van der Waals surface area contributed by atoms with E-state index in [2.05, 4.69) is 0 Å². The highest BCUT2D eigenvalue weighted by atomic mass is 35.5. The molecule has 0 aliphatic rings. The summed E-state index contributed by atoms with van der Waals surface area (Å²) in [6.45, 7) is 4.39. The largest absolute Gasteiger partial charge is 0.242 e. The van der Waals surface area contributed by atoms with Crippen molar-refractivity contribution < 1.29 is 12.8 Å². The SMILES string of the molecule is CC(C)CCN(C)S(=O)(=O)c1cc(F)c(Cl)c(CCl)c1. The fourth-order valence-corrected chi connectivity index (χ4v) is 3.31. The number of sulfonamides is 1. The number of rotatable bonds is 6. The maximum absolute atomic E-state index is 13.7. The second kappa shape index (κ2) is 7.07. The lowest BCUT2D eigenvalue weighted by molar-refractivity contribution is 0.427. The van der Waals surface area contributed by atoms with E-state index in [1.807, 2.05) is 13.8 Å². The molecule has 0 aromatic heterocycles. The Kier molecular flexibility index (Phi) is 6.25. The molecule has 20 heavy (non-hydrogen) atoms. The summed E-state index contributed by atoms with van der Waals surface area (Å²) in [5.74, 6) is -0.442. The second-order valence-electron chi connectivity index (χ2n) is 5.02. The Hall–Kier alpha value is -0.360. The van der Waals surface area contributed by atoms with Crippen LogP contribution in [-0.4, -0.2) is 26.3 Å². The van der Waals surface area contributed by atoms with E-state index >= 15 is 0 Å². The van der Waals surface area contributed by atoms with Crippen molar-refractivity contribution >= 4 is 33.2 Å². The van der Waals surface area contributed by atoms with Crippen molar-refractivity contribution in [2.75, 3.05) is 13.6 Å². The van der Waals surface area contributed by atoms with Gasteiger partial charge in [-0.3, -0.25) is 0 Å². The van der Waals surface area contributed by atoms with Gasteiger partial charge in [0.2, 0.25) is 10.0 Å². The molecule has 3 nitrogen and oxygen atoms in total. The second-order valence-corrected chi connectivity index (χ2v) is 7.71. The van der Waals surface area contributed by atoms with Crippen LogP contribution in [0.2, 0.25) is 5.02 Å². The lowest BCUT2D eigenvalue weighted by Gasteiger charge is -2.19. The van der Waals surface area contributed by atoms with Crippen LogP contribution in [0.4, 0.5) is 4.39 Å². The zero-order valence-electron chi connectivity index (χ0n) is 11.7. The summed E-state index contributed by atoms with van der Waals surface area (Å²) < 4.78 is 39.6. The molecule has 0 fully saturated rings. The zero-order valence-corrected chi connectivity index (χ0v) is 14.0. The monoisotopic (exact) mass is 341 g/mol. The van der Waals surface area contributed by atoms with Crippen molar-refractivity contribution in [1.29, 1.82) is 0 Å². The molecular weight excluding hydrogens is 324 g/mol. The van der Waals surface area contributed by atoms with E-state index < -0.39 is 15.8 Å². The third-order valence-corrected chi connectivity index (χ3v) is 5.50. The fourth-order valence-electron chi connectivity index (χ4n) is 1.60. The predicted octanol–water partition coefficient (Wildman–Crippen LogP) is 3.88. The molecule has 0 aliphatic carbocycles. The summed E-state index contributed by atoms with van der Waals surface area (Å²) in [7, 11) is -2.25. The zero-order chi connectivity index (χ0) is 15.5. The van der Waals surface area contributed by atoms with E-state index in [1.54, 1.807) is 0 Å². The Balaban J connectivity index is 3.12. The van der Waals surface area contributed by atoms with Crippen LogP contribution < -0.4 is 0 Å². The highest BCUT2D eigenvalue weighted by Crippen LogP contribution is 2.27. The van der Waals surface area contributed by atoms with Crippen molar-refractivity contribution in [3.05, 3.63) is 28.5 Å². The Labute approximate surface area is 129 Å². The first-order valence-corrected chi connectivity index (χ1v) is 8.55. The summed E-state index contributed by atoms with van der Waals surface area (Å²) in [5, 5.41) is -0.135. The van der Waals surface area contributed by atoms with E-state index in [0.29, 0.717) is 12.5 Å². The highest BCUT2D eigenvalue weighted by molar-refractivity contribution is 7.89. The molecule has 0 aliphatic heterocycles. The molecule has 0 amide bonds. The van der Waals surface area contributed by atoms with Gasteiger partial charge in [0.1, 0.15) is 5.82 Å². The molecule has 0 radical (unpaired) electrons. The smallest absolute Gasteiger partial charge is 0.207 e. The van der Waals surface area contributed by atoms with E-state index in [0.717, 1.165) is 12.5 Å². The number of nitrogens with zero attached hydrogens (tertiary/aromatic N) is 1. The van der Waals surface area contributed by atoms with Gasteiger partial charge in [0, 0.05) is 19.5 Å². The molecular formula is C13H18Cl2FNO2S. The molecule has 0 bridgehead atoms. The fraction of sp³-hybridized carbons (Fsp3) is 0.538. The molecule has 0 unspecified atom stereocenters. The minimum atomic E-state index is -3.73. The number of alkyl halides is 1. The molecule has 0 saturated carbocycles. The molecule has 114 valence electrons. The summed E-state index contributed by atoms with van der Waals surface area (Å²) in [5.41, 5.74) is 0.268. The molecule has 1 aromatic carbocycles. The number of halogens is 3. The predicted molar refractivity (Wildman–Crippen MR) is 80.2 cm³/mol. The maximum Gasteiger partial charge on any atom is 0.242 e. The van der Waals surface area contributed by atoms with Crippen LogP contribution in [0.5, 0.6) is 0 Å². The minimum Gasteiger partial charge on any atom is -0.207 e. The maximum atomic E-state index is 13.7. The average Bonchev–Trinajstić information content (AvgIpc) is 2.38. The summed E-state index contributed by atoms with van der Waals surface area (Å²) >= 11 is 11.4. The molecule has 0 N–H and O–H groups in total. The van der Waals surface area contributed by atoms with Crippen molar-refractivity contribution in [1.82, 2.24) is 4.31 Å². The van der Waals surface area contributed by atoms with Crippen LogP contribution in [-0.2, 0) is 15.9 Å². The van der Waals surface area contributed by atoms with Gasteiger partial charge in [0.05, 0.1) is 9.92 Å². The molecule has 0 saturated heterocycles. The van der Waals surface area contributed by atoms with Crippen molar-refractivity contribution in [2.45, 2.75) is 31.0 Å². The molecule has 1 rings (SSSR count). The quantitative estimate of drug-likeness (QED) is 0.736. The van der Waals surface area contributed by atoms with Gasteiger partial charge in [-0.15, -0.1) is 11.6 Å². The molecule has 0 atom stereocenters. The standard InChI is InChI=1S/C13H18Cl2FNO2S/c1-9(2)4-5-17(3)20(18,19)11-6-10(8-14)13(15)12(16)7-11/h6-7,9H,4-5,8H2,1-3H3. The summed E-state index contributed by atoms with van der Waals surface area (Å²) in [4.78, 5) is -0.124. The van der Waals surface area contributed by atoms with Crippen molar-refractivity contribution in [2.24, 2.45) is 5.92 Å². The van der Waals surface area contributed by atoms with Crippen LogP contribution in [0.25, 0.3) is 0 Å². The number of hydrogen-bond acceptors (Lipinski definition) is 2. The summed E-state index contributed by atoms with van der Waals surface area (Å²) in [6, 6.07) is 2.25. The number of benzene rings is 1. The highest BCUT2D eigenvalue weighted by Gasteiger charge is 2.23. The topological polar surface area (TPSA) is 37.4 Å². The van der Waals surface area contributed by atoms with Gasteiger partial charge in [-0.05, 0) is 30.0 Å². The van der Waals surface area contributed by atoms with Gasteiger partial charge in [-0.1, -0.05) is 25.4 Å². The first-order valence-electron chi connectivity index (χ1n) is 6.20. The average molecular weight is 342 g/mol. The van der Waals surface area contributed by atoms with Gasteiger partial charge < -0.3 is 0 Å². The lowest BCUT2D eigenvalue weighted by atomic mass is 10.1. The van der Waals surface area contributed by atoms with E-state index in [9.17, 15) is 12.8 Å². The Morgan fingerprint density at radius 2 is 1.95 bits per heavy atom. The van der Waals surface area contributed by atoms with Crippen molar-refractivity contribution in [3.8, 4) is 0 Å². The van der Waals surface area contributed by atoms with E-state index in [4.69, 9.17) is 23.2 Å². The Bertz CT molecular complexity index is 576. The van der Waals surface area contributed by atoms with Crippen LogP contribution in [0.3, 0.4) is 0 Å². The first kappa shape index (κ1) is 17.7. The van der Waals surface area contributed by atoms with Crippen LogP contribution in [0.1, 0.15) is 25.8 Å². The van der Waals surface area contributed by atoms with Gasteiger partial charge in [0.15, 0.2) is 0 Å². The van der Waals surface area contributed by atoms with Gasteiger partial charge in [-0.25, -0.2) is 17.1 Å². The van der Waals surface area contributed by atoms with Crippen LogP contribution in [0.15, 0.2) is 17.0 Å².